The van der Waals surface area contributed by atoms with Crippen molar-refractivity contribution in [2.75, 3.05) is 25.0 Å². The molecule has 0 aromatic carbocycles. The zero-order chi connectivity index (χ0) is 10.7. The van der Waals surface area contributed by atoms with E-state index in [0.717, 1.165) is 37.0 Å². The normalized spacial score (nSPS) is 16.0. The molecule has 1 aromatic heterocycles. The van der Waals surface area contributed by atoms with E-state index in [1.165, 1.54) is 12.8 Å². The molecular weight excluding hydrogens is 188 g/mol. The molecule has 0 bridgehead atoms. The number of nitrogens with one attached hydrogen (secondary N) is 1. The van der Waals surface area contributed by atoms with Gasteiger partial charge >= 0.3 is 0 Å². The van der Waals surface area contributed by atoms with Crippen molar-refractivity contribution in [2.24, 2.45) is 0 Å². The van der Waals surface area contributed by atoms with E-state index >= 15 is 0 Å². The van der Waals surface area contributed by atoms with E-state index in [1.54, 1.807) is 0 Å². The summed E-state index contributed by atoms with van der Waals surface area (Å²) in [5.41, 5.74) is 1.08. The van der Waals surface area contributed by atoms with Crippen LogP contribution in [-0.2, 0) is 6.54 Å². The van der Waals surface area contributed by atoms with Crippen LogP contribution in [0.4, 0.5) is 5.82 Å². The first kappa shape index (κ1) is 10.4. The van der Waals surface area contributed by atoms with Crippen molar-refractivity contribution in [1.29, 1.82) is 0 Å². The third-order valence-electron chi connectivity index (χ3n) is 2.67. The highest BCUT2D eigenvalue weighted by atomic mass is 15.2. The number of hydrogen-bond donors (Lipinski definition) is 1. The molecule has 0 amide bonds. The lowest BCUT2D eigenvalue weighted by Gasteiger charge is -2.17. The first-order valence-corrected chi connectivity index (χ1v) is 5.53. The number of hydrogen-bond acceptors (Lipinski definition) is 4. The third-order valence-corrected chi connectivity index (χ3v) is 2.67. The van der Waals surface area contributed by atoms with Gasteiger partial charge in [0.1, 0.15) is 11.6 Å². The van der Waals surface area contributed by atoms with Crippen molar-refractivity contribution in [3.05, 3.63) is 17.6 Å². The Morgan fingerprint density at radius 2 is 2.07 bits per heavy atom. The molecule has 1 saturated heterocycles. The summed E-state index contributed by atoms with van der Waals surface area (Å²) < 4.78 is 0. The second-order valence-electron chi connectivity index (χ2n) is 3.99. The van der Waals surface area contributed by atoms with Gasteiger partial charge in [0.25, 0.3) is 0 Å². The highest BCUT2D eigenvalue weighted by Crippen LogP contribution is 2.18. The van der Waals surface area contributed by atoms with E-state index in [0.29, 0.717) is 0 Å². The summed E-state index contributed by atoms with van der Waals surface area (Å²) in [6.07, 6.45) is 2.56. The van der Waals surface area contributed by atoms with Gasteiger partial charge in [-0.15, -0.1) is 0 Å². The maximum atomic E-state index is 4.49. The Morgan fingerprint density at radius 3 is 2.73 bits per heavy atom. The Morgan fingerprint density at radius 1 is 1.33 bits per heavy atom. The van der Waals surface area contributed by atoms with Gasteiger partial charge in [-0.05, 0) is 26.8 Å². The summed E-state index contributed by atoms with van der Waals surface area (Å²) in [6.45, 7) is 5.04. The smallest absolute Gasteiger partial charge is 0.132 e. The molecule has 0 spiro atoms. The number of nitrogens with zero attached hydrogens (tertiary/aromatic N) is 3. The lowest BCUT2D eigenvalue weighted by molar-refractivity contribution is 0.773. The molecule has 2 heterocycles. The van der Waals surface area contributed by atoms with E-state index in [2.05, 4.69) is 26.3 Å². The summed E-state index contributed by atoms with van der Waals surface area (Å²) in [7, 11) is 1.94. The molecule has 1 N–H and O–H groups in total. The first-order chi connectivity index (χ1) is 7.29. The van der Waals surface area contributed by atoms with E-state index in [-0.39, 0.29) is 0 Å². The second-order valence-corrected chi connectivity index (χ2v) is 3.99. The lowest BCUT2D eigenvalue weighted by atomic mass is 10.3. The predicted octanol–water partition coefficient (Wildman–Crippen LogP) is 1.10. The molecule has 0 aliphatic carbocycles. The van der Waals surface area contributed by atoms with Gasteiger partial charge in [-0.25, -0.2) is 9.97 Å². The van der Waals surface area contributed by atoms with Gasteiger partial charge in [0.05, 0.1) is 5.69 Å². The summed E-state index contributed by atoms with van der Waals surface area (Å²) in [4.78, 5) is 11.2. The average Bonchev–Trinajstić information content (AvgIpc) is 2.70. The van der Waals surface area contributed by atoms with Gasteiger partial charge in [0, 0.05) is 25.7 Å². The Hall–Kier alpha value is -1.16. The van der Waals surface area contributed by atoms with Crippen LogP contribution in [0.2, 0.25) is 0 Å². The van der Waals surface area contributed by atoms with Gasteiger partial charge in [0.2, 0.25) is 0 Å². The molecule has 15 heavy (non-hydrogen) atoms. The van der Waals surface area contributed by atoms with Crippen molar-refractivity contribution in [1.82, 2.24) is 15.3 Å². The number of aryl methyl sites for hydroxylation is 1. The number of anilines is 1. The van der Waals surface area contributed by atoms with Crippen LogP contribution in [0.15, 0.2) is 6.07 Å². The second kappa shape index (κ2) is 4.57. The molecular formula is C11H18N4. The lowest BCUT2D eigenvalue weighted by Crippen LogP contribution is -2.20. The van der Waals surface area contributed by atoms with Gasteiger partial charge in [-0.3, -0.25) is 0 Å². The average molecular weight is 206 g/mol. The Balaban J connectivity index is 2.22. The molecule has 1 fully saturated rings. The van der Waals surface area contributed by atoms with Crippen molar-refractivity contribution in [2.45, 2.75) is 26.3 Å². The van der Waals surface area contributed by atoms with Gasteiger partial charge < -0.3 is 10.2 Å². The zero-order valence-corrected chi connectivity index (χ0v) is 9.45. The van der Waals surface area contributed by atoms with Crippen LogP contribution in [0, 0.1) is 6.92 Å². The van der Waals surface area contributed by atoms with E-state index in [9.17, 15) is 0 Å². The monoisotopic (exact) mass is 206 g/mol. The van der Waals surface area contributed by atoms with Crippen molar-refractivity contribution >= 4 is 5.82 Å². The molecule has 0 radical (unpaired) electrons. The summed E-state index contributed by atoms with van der Waals surface area (Å²) in [6, 6.07) is 2.09. The van der Waals surface area contributed by atoms with E-state index < -0.39 is 0 Å². The molecule has 0 unspecified atom stereocenters. The molecule has 0 atom stereocenters. The summed E-state index contributed by atoms with van der Waals surface area (Å²) >= 11 is 0. The molecule has 1 aliphatic rings. The highest BCUT2D eigenvalue weighted by Gasteiger charge is 2.14. The van der Waals surface area contributed by atoms with Crippen LogP contribution in [0.3, 0.4) is 0 Å². The van der Waals surface area contributed by atoms with Crippen LogP contribution < -0.4 is 10.2 Å². The molecule has 1 aromatic rings. The number of aromatic nitrogens is 2. The molecule has 2 rings (SSSR count). The van der Waals surface area contributed by atoms with Crippen LogP contribution in [0.1, 0.15) is 24.4 Å². The molecule has 4 heteroatoms. The molecule has 0 saturated carbocycles. The van der Waals surface area contributed by atoms with Crippen molar-refractivity contribution in [3.63, 3.8) is 0 Å². The van der Waals surface area contributed by atoms with E-state index in [4.69, 9.17) is 0 Å². The maximum absolute atomic E-state index is 4.49. The zero-order valence-electron chi connectivity index (χ0n) is 9.45. The third kappa shape index (κ3) is 2.45. The van der Waals surface area contributed by atoms with Crippen LogP contribution in [0.5, 0.6) is 0 Å². The van der Waals surface area contributed by atoms with Crippen LogP contribution >= 0.6 is 0 Å². The van der Waals surface area contributed by atoms with Gasteiger partial charge in [-0.1, -0.05) is 0 Å². The summed E-state index contributed by atoms with van der Waals surface area (Å²) in [5, 5.41) is 3.12. The molecule has 1 aliphatic heterocycles. The minimum Gasteiger partial charge on any atom is -0.357 e. The fraction of sp³-hybridized carbons (Fsp3) is 0.636. The topological polar surface area (TPSA) is 41.0 Å². The Labute approximate surface area is 90.7 Å². The Kier molecular flexibility index (Phi) is 3.16. The SMILES string of the molecule is CNCc1cc(N2CCCC2)nc(C)n1. The van der Waals surface area contributed by atoms with Crippen LogP contribution in [0.25, 0.3) is 0 Å². The predicted molar refractivity (Wildman–Crippen MR) is 61.0 cm³/mol. The maximum Gasteiger partial charge on any atom is 0.132 e. The van der Waals surface area contributed by atoms with Gasteiger partial charge in [-0.2, -0.15) is 0 Å². The van der Waals surface area contributed by atoms with Crippen molar-refractivity contribution < 1.29 is 0 Å². The standard InChI is InChI=1S/C11H18N4/c1-9-13-10(8-12-2)7-11(14-9)15-5-3-4-6-15/h7,12H,3-6,8H2,1-2H3. The van der Waals surface area contributed by atoms with Crippen LogP contribution in [-0.4, -0.2) is 30.1 Å². The fourth-order valence-corrected chi connectivity index (χ4v) is 1.99. The van der Waals surface area contributed by atoms with Gasteiger partial charge in [0.15, 0.2) is 0 Å². The number of rotatable bonds is 3. The fourth-order valence-electron chi connectivity index (χ4n) is 1.99. The first-order valence-electron chi connectivity index (χ1n) is 5.53. The minimum atomic E-state index is 0.810. The van der Waals surface area contributed by atoms with Crippen molar-refractivity contribution in [3.8, 4) is 0 Å². The largest absolute Gasteiger partial charge is 0.357 e. The quantitative estimate of drug-likeness (QED) is 0.804. The highest BCUT2D eigenvalue weighted by molar-refractivity contribution is 5.40. The minimum absolute atomic E-state index is 0.810. The molecule has 4 nitrogen and oxygen atoms in total. The Bertz CT molecular complexity index is 331. The van der Waals surface area contributed by atoms with E-state index in [1.807, 2.05) is 14.0 Å². The summed E-state index contributed by atoms with van der Waals surface area (Å²) in [5.74, 6) is 1.95. The molecule has 82 valence electrons.